The Hall–Kier alpha value is -2.96. The second kappa shape index (κ2) is 5.58. The molecule has 106 valence electrons. The van der Waals surface area contributed by atoms with Crippen molar-refractivity contribution < 1.29 is 4.79 Å². The quantitative estimate of drug-likeness (QED) is 0.746. The number of pyridine rings is 2. The molecular weight excluding hydrogens is 270 g/mol. The largest absolute Gasteiger partial charge is 0.347 e. The molecule has 0 radical (unpaired) electrons. The lowest BCUT2D eigenvalue weighted by atomic mass is 10.1. The van der Waals surface area contributed by atoms with Crippen molar-refractivity contribution in [3.05, 3.63) is 58.9 Å². The Balaban J connectivity index is 1.70. The number of aromatic nitrogens is 4. The second-order valence-electron chi connectivity index (χ2n) is 4.55. The van der Waals surface area contributed by atoms with E-state index in [2.05, 4.69) is 20.5 Å². The number of aromatic amines is 1. The van der Waals surface area contributed by atoms with Gasteiger partial charge in [0, 0.05) is 25.0 Å². The zero-order chi connectivity index (χ0) is 14.7. The Morgan fingerprint density at radius 3 is 2.90 bits per heavy atom. The SMILES string of the molecule is O=C(CCc1ccncc1)Nc1cccn2c(=O)[nH]nc12. The van der Waals surface area contributed by atoms with E-state index in [4.69, 9.17) is 0 Å². The van der Waals surface area contributed by atoms with Gasteiger partial charge in [0.1, 0.15) is 0 Å². The van der Waals surface area contributed by atoms with Crippen LogP contribution in [0.15, 0.2) is 47.7 Å². The van der Waals surface area contributed by atoms with Crippen LogP contribution >= 0.6 is 0 Å². The first-order valence-electron chi connectivity index (χ1n) is 6.48. The van der Waals surface area contributed by atoms with E-state index in [-0.39, 0.29) is 11.6 Å². The van der Waals surface area contributed by atoms with E-state index in [1.54, 1.807) is 30.7 Å². The van der Waals surface area contributed by atoms with Crippen molar-refractivity contribution in [2.24, 2.45) is 0 Å². The normalized spacial score (nSPS) is 10.7. The molecule has 7 heteroatoms. The van der Waals surface area contributed by atoms with Gasteiger partial charge in [-0.2, -0.15) is 5.10 Å². The van der Waals surface area contributed by atoms with Gasteiger partial charge in [0.15, 0.2) is 5.65 Å². The predicted octanol–water partition coefficient (Wildman–Crippen LogP) is 0.989. The van der Waals surface area contributed by atoms with Crippen molar-refractivity contribution in [2.75, 3.05) is 5.32 Å². The number of nitrogens with zero attached hydrogens (tertiary/aromatic N) is 3. The average molecular weight is 283 g/mol. The van der Waals surface area contributed by atoms with Crippen molar-refractivity contribution in [3.8, 4) is 0 Å². The van der Waals surface area contributed by atoms with Gasteiger partial charge in [-0.1, -0.05) is 0 Å². The Morgan fingerprint density at radius 1 is 1.29 bits per heavy atom. The topological polar surface area (TPSA) is 92.2 Å². The van der Waals surface area contributed by atoms with Crippen molar-refractivity contribution >= 4 is 17.2 Å². The molecule has 0 atom stereocenters. The number of aryl methyl sites for hydroxylation is 1. The first kappa shape index (κ1) is 13.0. The number of nitrogens with one attached hydrogen (secondary N) is 2. The lowest BCUT2D eigenvalue weighted by molar-refractivity contribution is -0.116. The summed E-state index contributed by atoms with van der Waals surface area (Å²) >= 11 is 0. The van der Waals surface area contributed by atoms with Gasteiger partial charge >= 0.3 is 5.69 Å². The highest BCUT2D eigenvalue weighted by molar-refractivity contribution is 5.94. The molecule has 2 N–H and O–H groups in total. The number of hydrogen-bond donors (Lipinski definition) is 2. The molecule has 0 unspecified atom stereocenters. The summed E-state index contributed by atoms with van der Waals surface area (Å²) < 4.78 is 1.35. The first-order chi connectivity index (χ1) is 10.2. The number of H-pyrrole nitrogens is 1. The number of hydrogen-bond acceptors (Lipinski definition) is 4. The minimum atomic E-state index is -0.335. The fourth-order valence-corrected chi connectivity index (χ4v) is 2.05. The molecule has 3 heterocycles. The monoisotopic (exact) mass is 283 g/mol. The van der Waals surface area contributed by atoms with Crippen LogP contribution in [0.1, 0.15) is 12.0 Å². The summed E-state index contributed by atoms with van der Waals surface area (Å²) in [4.78, 5) is 27.4. The molecule has 7 nitrogen and oxygen atoms in total. The summed E-state index contributed by atoms with van der Waals surface area (Å²) in [6, 6.07) is 7.14. The van der Waals surface area contributed by atoms with Gasteiger partial charge < -0.3 is 5.32 Å². The number of anilines is 1. The van der Waals surface area contributed by atoms with E-state index in [0.717, 1.165) is 5.56 Å². The van der Waals surface area contributed by atoms with Crippen LogP contribution in [0.3, 0.4) is 0 Å². The van der Waals surface area contributed by atoms with E-state index >= 15 is 0 Å². The number of amides is 1. The lowest BCUT2D eigenvalue weighted by Crippen LogP contribution is -2.14. The molecule has 0 aromatic carbocycles. The Bertz CT molecular complexity index is 822. The summed E-state index contributed by atoms with van der Waals surface area (Å²) in [5, 5.41) is 9.01. The van der Waals surface area contributed by atoms with Crippen molar-refractivity contribution in [1.82, 2.24) is 19.6 Å². The van der Waals surface area contributed by atoms with Crippen molar-refractivity contribution in [2.45, 2.75) is 12.8 Å². The maximum atomic E-state index is 12.0. The zero-order valence-corrected chi connectivity index (χ0v) is 11.1. The smallest absolute Gasteiger partial charge is 0.323 e. The summed E-state index contributed by atoms with van der Waals surface area (Å²) in [5.41, 5.74) is 1.63. The molecule has 0 saturated carbocycles. The van der Waals surface area contributed by atoms with Gasteiger partial charge in [-0.3, -0.25) is 9.78 Å². The molecular formula is C14H13N5O2. The molecule has 0 aliphatic rings. The summed E-state index contributed by atoms with van der Waals surface area (Å²) in [7, 11) is 0. The third kappa shape index (κ3) is 2.81. The predicted molar refractivity (Wildman–Crippen MR) is 77.0 cm³/mol. The van der Waals surface area contributed by atoms with Gasteiger partial charge in [0.2, 0.25) is 5.91 Å². The standard InChI is InChI=1S/C14H13N5O2/c20-12(4-3-10-5-7-15-8-6-10)16-11-2-1-9-19-13(11)17-18-14(19)21/h1-2,5-9H,3-4H2,(H,16,20)(H,18,21). The molecule has 0 fully saturated rings. The van der Waals surface area contributed by atoms with Crippen LogP contribution in [-0.4, -0.2) is 25.5 Å². The lowest BCUT2D eigenvalue weighted by Gasteiger charge is -2.05. The molecule has 3 aromatic rings. The number of carbonyl (C=O) groups excluding carboxylic acids is 1. The number of rotatable bonds is 4. The molecule has 3 aromatic heterocycles. The molecule has 21 heavy (non-hydrogen) atoms. The van der Waals surface area contributed by atoms with Crippen LogP contribution in [0.5, 0.6) is 0 Å². The Labute approximate surface area is 119 Å². The summed E-state index contributed by atoms with van der Waals surface area (Å²) in [5.74, 6) is -0.129. The zero-order valence-electron chi connectivity index (χ0n) is 11.1. The van der Waals surface area contributed by atoms with Crippen LogP contribution in [0.2, 0.25) is 0 Å². The van der Waals surface area contributed by atoms with E-state index in [0.29, 0.717) is 24.2 Å². The maximum Gasteiger partial charge on any atom is 0.347 e. The maximum absolute atomic E-state index is 12.0. The minimum absolute atomic E-state index is 0.129. The fourth-order valence-electron chi connectivity index (χ4n) is 2.05. The highest BCUT2D eigenvalue weighted by Crippen LogP contribution is 2.13. The third-order valence-electron chi connectivity index (χ3n) is 3.11. The molecule has 0 bridgehead atoms. The Morgan fingerprint density at radius 2 is 2.10 bits per heavy atom. The molecule has 0 aliphatic heterocycles. The van der Waals surface area contributed by atoms with E-state index in [1.165, 1.54) is 4.40 Å². The Kier molecular flexibility index (Phi) is 3.46. The first-order valence-corrected chi connectivity index (χ1v) is 6.48. The van der Waals surface area contributed by atoms with Gasteiger partial charge in [-0.25, -0.2) is 14.3 Å². The summed E-state index contributed by atoms with van der Waals surface area (Å²) in [6.45, 7) is 0. The van der Waals surface area contributed by atoms with Crippen LogP contribution in [0.4, 0.5) is 5.69 Å². The molecule has 0 spiro atoms. The highest BCUT2D eigenvalue weighted by atomic mass is 16.2. The van der Waals surface area contributed by atoms with Gasteiger partial charge in [-0.05, 0) is 36.2 Å². The van der Waals surface area contributed by atoms with Crippen LogP contribution in [0, 0.1) is 0 Å². The van der Waals surface area contributed by atoms with Gasteiger partial charge in [0.25, 0.3) is 0 Å². The van der Waals surface area contributed by atoms with Gasteiger partial charge in [0.05, 0.1) is 5.69 Å². The minimum Gasteiger partial charge on any atom is -0.323 e. The van der Waals surface area contributed by atoms with E-state index in [1.807, 2.05) is 12.1 Å². The van der Waals surface area contributed by atoms with Crippen LogP contribution < -0.4 is 11.0 Å². The van der Waals surface area contributed by atoms with Crippen LogP contribution in [0.25, 0.3) is 5.65 Å². The number of carbonyl (C=O) groups is 1. The molecule has 0 aliphatic carbocycles. The van der Waals surface area contributed by atoms with Crippen molar-refractivity contribution in [3.63, 3.8) is 0 Å². The summed E-state index contributed by atoms with van der Waals surface area (Å²) in [6.07, 6.45) is 5.96. The third-order valence-corrected chi connectivity index (χ3v) is 3.11. The fraction of sp³-hybridized carbons (Fsp3) is 0.143. The average Bonchev–Trinajstić information content (AvgIpc) is 2.89. The molecule has 0 saturated heterocycles. The van der Waals surface area contributed by atoms with E-state index < -0.39 is 0 Å². The highest BCUT2D eigenvalue weighted by Gasteiger charge is 2.09. The molecule has 1 amide bonds. The molecule has 3 rings (SSSR count). The second-order valence-corrected chi connectivity index (χ2v) is 4.55. The van der Waals surface area contributed by atoms with Gasteiger partial charge in [-0.15, -0.1) is 0 Å². The number of fused-ring (bicyclic) bond motifs is 1. The van der Waals surface area contributed by atoms with Crippen molar-refractivity contribution in [1.29, 1.82) is 0 Å². The van der Waals surface area contributed by atoms with E-state index in [9.17, 15) is 9.59 Å². The van der Waals surface area contributed by atoms with Crippen LogP contribution in [-0.2, 0) is 11.2 Å².